The fourth-order valence-electron chi connectivity index (χ4n) is 1.08. The minimum atomic E-state index is -0.491. The zero-order chi connectivity index (χ0) is 9.42. The highest BCUT2D eigenvalue weighted by atomic mass is 35.5. The third kappa shape index (κ3) is 1.59. The van der Waals surface area contributed by atoms with E-state index in [1.54, 1.807) is 0 Å². The molecule has 1 aliphatic heterocycles. The summed E-state index contributed by atoms with van der Waals surface area (Å²) >= 11 is 10.5. The minimum absolute atomic E-state index is 0.0551. The second kappa shape index (κ2) is 3.12. The van der Waals surface area contributed by atoms with Gasteiger partial charge in [-0.1, -0.05) is 23.8 Å². The molecule has 0 saturated heterocycles. The Labute approximate surface area is 84.6 Å². The first-order valence-corrected chi connectivity index (χ1v) is 4.37. The first kappa shape index (κ1) is 8.72. The molecule has 5 heteroatoms. The number of ether oxygens (including phenoxy) is 1. The van der Waals surface area contributed by atoms with Crippen LogP contribution in [0.5, 0.6) is 5.75 Å². The molecular formula is C8H5ClFNOS. The fourth-order valence-corrected chi connectivity index (χ4v) is 1.41. The van der Waals surface area contributed by atoms with Crippen molar-refractivity contribution in [3.8, 4) is 5.75 Å². The molecule has 0 atom stereocenters. The molecule has 0 radical (unpaired) electrons. The van der Waals surface area contributed by atoms with Crippen LogP contribution in [0, 0.1) is 5.82 Å². The average Bonchev–Trinajstić information content (AvgIpc) is 2.08. The van der Waals surface area contributed by atoms with Gasteiger partial charge in [0.1, 0.15) is 23.2 Å². The summed E-state index contributed by atoms with van der Waals surface area (Å²) in [7, 11) is 0. The summed E-state index contributed by atoms with van der Waals surface area (Å²) in [6.45, 7) is 0.281. The lowest BCUT2D eigenvalue weighted by Gasteiger charge is -2.19. The maximum absolute atomic E-state index is 12.9. The van der Waals surface area contributed by atoms with Crippen LogP contribution in [-0.4, -0.2) is 11.6 Å². The topological polar surface area (TPSA) is 21.3 Å². The van der Waals surface area contributed by atoms with Crippen LogP contribution in [0.1, 0.15) is 0 Å². The molecule has 0 spiro atoms. The maximum Gasteiger partial charge on any atom is 0.146 e. The van der Waals surface area contributed by atoms with Crippen molar-refractivity contribution in [3.63, 3.8) is 0 Å². The number of hydrogen-bond donors (Lipinski definition) is 1. The van der Waals surface area contributed by atoms with E-state index in [0.29, 0.717) is 16.4 Å². The number of benzene rings is 1. The van der Waals surface area contributed by atoms with Gasteiger partial charge in [0.2, 0.25) is 0 Å². The monoisotopic (exact) mass is 217 g/mol. The Bertz CT molecular complexity index is 383. The van der Waals surface area contributed by atoms with E-state index in [0.717, 1.165) is 0 Å². The smallest absolute Gasteiger partial charge is 0.146 e. The van der Waals surface area contributed by atoms with Crippen molar-refractivity contribution >= 4 is 34.5 Å². The molecule has 0 unspecified atom stereocenters. The average molecular weight is 218 g/mol. The number of halogens is 2. The largest absolute Gasteiger partial charge is 0.484 e. The number of rotatable bonds is 0. The van der Waals surface area contributed by atoms with Crippen LogP contribution < -0.4 is 10.1 Å². The zero-order valence-corrected chi connectivity index (χ0v) is 8.01. The van der Waals surface area contributed by atoms with Crippen molar-refractivity contribution in [3.05, 3.63) is 23.0 Å². The SMILES string of the molecule is Fc1cc2c(cc1Cl)NC(=S)CO2. The normalized spacial score (nSPS) is 14.5. The predicted molar refractivity (Wildman–Crippen MR) is 53.1 cm³/mol. The fraction of sp³-hybridized carbons (Fsp3) is 0.125. The van der Waals surface area contributed by atoms with E-state index in [1.807, 2.05) is 0 Å². The first-order valence-electron chi connectivity index (χ1n) is 3.58. The van der Waals surface area contributed by atoms with E-state index in [-0.39, 0.29) is 11.6 Å². The quantitative estimate of drug-likeness (QED) is 0.675. The molecule has 1 heterocycles. The second-order valence-electron chi connectivity index (χ2n) is 2.60. The number of thiocarbonyl (C=S) groups is 1. The van der Waals surface area contributed by atoms with Crippen molar-refractivity contribution in [1.82, 2.24) is 0 Å². The molecule has 68 valence electrons. The molecule has 0 amide bonds. The van der Waals surface area contributed by atoms with Gasteiger partial charge < -0.3 is 10.1 Å². The Morgan fingerprint density at radius 3 is 3.08 bits per heavy atom. The second-order valence-corrected chi connectivity index (χ2v) is 3.50. The molecule has 1 aromatic rings. The van der Waals surface area contributed by atoms with Crippen LogP contribution in [-0.2, 0) is 0 Å². The summed E-state index contributed by atoms with van der Waals surface area (Å²) in [6.07, 6.45) is 0. The summed E-state index contributed by atoms with van der Waals surface area (Å²) in [5, 5.41) is 2.94. The van der Waals surface area contributed by atoms with Crippen molar-refractivity contribution in [1.29, 1.82) is 0 Å². The zero-order valence-electron chi connectivity index (χ0n) is 6.43. The van der Waals surface area contributed by atoms with Crippen LogP contribution in [0.2, 0.25) is 5.02 Å². The van der Waals surface area contributed by atoms with Gasteiger partial charge in [-0.3, -0.25) is 0 Å². The minimum Gasteiger partial charge on any atom is -0.484 e. The molecule has 0 aromatic heterocycles. The van der Waals surface area contributed by atoms with E-state index >= 15 is 0 Å². The number of nitrogens with one attached hydrogen (secondary N) is 1. The van der Waals surface area contributed by atoms with Crippen molar-refractivity contribution in [2.45, 2.75) is 0 Å². The molecule has 0 fully saturated rings. The van der Waals surface area contributed by atoms with Gasteiger partial charge in [-0.25, -0.2) is 4.39 Å². The van der Waals surface area contributed by atoms with Crippen LogP contribution in [0.4, 0.5) is 10.1 Å². The number of hydrogen-bond acceptors (Lipinski definition) is 2. The van der Waals surface area contributed by atoms with Gasteiger partial charge in [-0.2, -0.15) is 0 Å². The van der Waals surface area contributed by atoms with E-state index < -0.39 is 5.82 Å². The molecule has 13 heavy (non-hydrogen) atoms. The summed E-state index contributed by atoms with van der Waals surface area (Å²) < 4.78 is 18.1. The van der Waals surface area contributed by atoms with Crippen LogP contribution in [0.15, 0.2) is 12.1 Å². The highest BCUT2D eigenvalue weighted by molar-refractivity contribution is 7.80. The van der Waals surface area contributed by atoms with E-state index in [2.05, 4.69) is 5.32 Å². The molecule has 1 aromatic carbocycles. The Morgan fingerprint density at radius 2 is 2.31 bits per heavy atom. The molecule has 1 N–H and O–H groups in total. The van der Waals surface area contributed by atoms with Gasteiger partial charge in [-0.15, -0.1) is 0 Å². The van der Waals surface area contributed by atoms with Gasteiger partial charge in [-0.05, 0) is 6.07 Å². The summed E-state index contributed by atoms with van der Waals surface area (Å²) in [6, 6.07) is 2.70. The van der Waals surface area contributed by atoms with E-state index in [1.165, 1.54) is 12.1 Å². The van der Waals surface area contributed by atoms with Crippen molar-refractivity contribution in [2.75, 3.05) is 11.9 Å². The summed E-state index contributed by atoms with van der Waals surface area (Å²) in [5.74, 6) is -0.0504. The van der Waals surface area contributed by atoms with Crippen molar-refractivity contribution < 1.29 is 9.13 Å². The van der Waals surface area contributed by atoms with Gasteiger partial charge in [0.15, 0.2) is 0 Å². The van der Waals surface area contributed by atoms with Gasteiger partial charge in [0, 0.05) is 6.07 Å². The van der Waals surface area contributed by atoms with Gasteiger partial charge in [0.25, 0.3) is 0 Å². The third-order valence-corrected chi connectivity index (χ3v) is 2.16. The third-order valence-electron chi connectivity index (χ3n) is 1.66. The molecule has 0 bridgehead atoms. The Hall–Kier alpha value is -0.870. The van der Waals surface area contributed by atoms with E-state index in [4.69, 9.17) is 28.6 Å². The van der Waals surface area contributed by atoms with Crippen LogP contribution in [0.25, 0.3) is 0 Å². The summed E-state index contributed by atoms with van der Waals surface area (Å²) in [5.41, 5.74) is 0.614. The molecular weight excluding hydrogens is 213 g/mol. The predicted octanol–water partition coefficient (Wildman–Crippen LogP) is 2.61. The first-order chi connectivity index (χ1) is 6.16. The number of fused-ring (bicyclic) bond motifs is 1. The van der Waals surface area contributed by atoms with Gasteiger partial charge >= 0.3 is 0 Å². The lowest BCUT2D eigenvalue weighted by Crippen LogP contribution is -2.23. The molecule has 0 saturated carbocycles. The molecule has 2 nitrogen and oxygen atoms in total. The summed E-state index contributed by atoms with van der Waals surface area (Å²) in [4.78, 5) is 0.565. The Morgan fingerprint density at radius 1 is 1.54 bits per heavy atom. The van der Waals surface area contributed by atoms with Crippen molar-refractivity contribution in [2.24, 2.45) is 0 Å². The lowest BCUT2D eigenvalue weighted by atomic mass is 10.2. The molecule has 0 aliphatic carbocycles. The highest BCUT2D eigenvalue weighted by Gasteiger charge is 2.15. The number of anilines is 1. The lowest BCUT2D eigenvalue weighted by molar-refractivity contribution is 0.372. The maximum atomic E-state index is 12.9. The molecule has 1 aliphatic rings. The Kier molecular flexibility index (Phi) is 2.09. The molecule has 2 rings (SSSR count). The Balaban J connectivity index is 2.49. The highest BCUT2D eigenvalue weighted by Crippen LogP contribution is 2.32. The van der Waals surface area contributed by atoms with E-state index in [9.17, 15) is 4.39 Å². The standard InChI is InChI=1S/C8H5ClFNOS/c9-4-1-6-7(2-5(4)10)12-3-8(13)11-6/h1-2H,3H2,(H,11,13). The van der Waals surface area contributed by atoms with Crippen LogP contribution in [0.3, 0.4) is 0 Å². The van der Waals surface area contributed by atoms with Gasteiger partial charge in [0.05, 0.1) is 10.7 Å². The van der Waals surface area contributed by atoms with Crippen LogP contribution >= 0.6 is 23.8 Å².